The summed E-state index contributed by atoms with van der Waals surface area (Å²) in [6.07, 6.45) is 5.98. The summed E-state index contributed by atoms with van der Waals surface area (Å²) in [7, 11) is -3.95. The molecule has 0 spiro atoms. The number of amides is 2. The van der Waals surface area contributed by atoms with Crippen molar-refractivity contribution in [2.75, 3.05) is 17.1 Å². The first-order valence-electron chi connectivity index (χ1n) is 13.7. The van der Waals surface area contributed by atoms with E-state index in [9.17, 15) is 26.8 Å². The van der Waals surface area contributed by atoms with E-state index in [1.807, 2.05) is 30.3 Å². The average Bonchev–Trinajstić information content (AvgIpc) is 2.95. The van der Waals surface area contributed by atoms with Crippen molar-refractivity contribution >= 4 is 27.5 Å². The summed E-state index contributed by atoms with van der Waals surface area (Å²) in [6.45, 7) is -0.649. The SMILES string of the molecule is CS(=O)(=O)N(CC(=O)N(Cc1ccc(F)cc1)[C@@H](Cc1ccccc1)C(=O)NC1CCCCC1)c1ccc(F)cc1. The number of hydrogen-bond donors (Lipinski definition) is 1. The summed E-state index contributed by atoms with van der Waals surface area (Å²) in [5.74, 6) is -1.94. The highest BCUT2D eigenvalue weighted by Crippen LogP contribution is 2.22. The first-order chi connectivity index (χ1) is 19.6. The third kappa shape index (κ3) is 8.60. The molecule has 1 saturated carbocycles. The molecule has 3 aromatic rings. The monoisotopic (exact) mass is 583 g/mol. The van der Waals surface area contributed by atoms with Crippen molar-refractivity contribution in [1.29, 1.82) is 0 Å². The Morgan fingerprint density at radius 3 is 2.02 bits per heavy atom. The van der Waals surface area contributed by atoms with E-state index in [-0.39, 0.29) is 30.6 Å². The van der Waals surface area contributed by atoms with Gasteiger partial charge in [0, 0.05) is 19.0 Å². The van der Waals surface area contributed by atoms with E-state index in [2.05, 4.69) is 5.32 Å². The Balaban J connectivity index is 1.71. The van der Waals surface area contributed by atoms with Crippen LogP contribution in [0, 0.1) is 11.6 Å². The second kappa shape index (κ2) is 13.7. The fourth-order valence-corrected chi connectivity index (χ4v) is 5.96. The highest BCUT2D eigenvalue weighted by Gasteiger charge is 2.34. The summed E-state index contributed by atoms with van der Waals surface area (Å²) in [5.41, 5.74) is 1.53. The van der Waals surface area contributed by atoms with Gasteiger partial charge in [0.15, 0.2) is 0 Å². The molecule has 1 atom stereocenters. The third-order valence-electron chi connectivity index (χ3n) is 7.28. The quantitative estimate of drug-likeness (QED) is 0.351. The fraction of sp³-hybridized carbons (Fsp3) is 0.355. The number of carbonyl (C=O) groups excluding carboxylic acids is 2. The van der Waals surface area contributed by atoms with Crippen molar-refractivity contribution in [2.45, 2.75) is 57.2 Å². The van der Waals surface area contributed by atoms with Gasteiger partial charge in [-0.2, -0.15) is 0 Å². The van der Waals surface area contributed by atoms with Gasteiger partial charge in [-0.1, -0.05) is 61.7 Å². The van der Waals surface area contributed by atoms with E-state index in [4.69, 9.17) is 0 Å². The van der Waals surface area contributed by atoms with Gasteiger partial charge in [0.25, 0.3) is 0 Å². The molecule has 0 saturated heterocycles. The summed E-state index contributed by atoms with van der Waals surface area (Å²) in [6, 6.07) is 18.7. The molecular formula is C31H35F2N3O4S. The van der Waals surface area contributed by atoms with Gasteiger partial charge in [-0.25, -0.2) is 17.2 Å². The molecule has 4 rings (SSSR count). The Labute approximate surface area is 240 Å². The van der Waals surface area contributed by atoms with E-state index in [1.54, 1.807) is 0 Å². The Hall–Kier alpha value is -3.79. The van der Waals surface area contributed by atoms with Crippen LogP contribution in [-0.2, 0) is 32.6 Å². The van der Waals surface area contributed by atoms with Gasteiger partial charge in [0.1, 0.15) is 24.2 Å². The largest absolute Gasteiger partial charge is 0.352 e. The Morgan fingerprint density at radius 2 is 1.44 bits per heavy atom. The molecule has 1 N–H and O–H groups in total. The van der Waals surface area contributed by atoms with Crippen molar-refractivity contribution in [3.8, 4) is 0 Å². The van der Waals surface area contributed by atoms with Crippen LogP contribution in [0.25, 0.3) is 0 Å². The zero-order valence-electron chi connectivity index (χ0n) is 23.0. The molecule has 0 unspecified atom stereocenters. The molecule has 1 fully saturated rings. The van der Waals surface area contributed by atoms with Crippen LogP contribution in [0.3, 0.4) is 0 Å². The van der Waals surface area contributed by atoms with Crippen LogP contribution < -0.4 is 9.62 Å². The van der Waals surface area contributed by atoms with E-state index >= 15 is 0 Å². The lowest BCUT2D eigenvalue weighted by atomic mass is 9.94. The van der Waals surface area contributed by atoms with Gasteiger partial charge in [0.2, 0.25) is 21.8 Å². The number of halogens is 2. The Morgan fingerprint density at radius 1 is 0.854 bits per heavy atom. The van der Waals surface area contributed by atoms with Gasteiger partial charge >= 0.3 is 0 Å². The van der Waals surface area contributed by atoms with Gasteiger partial charge < -0.3 is 10.2 Å². The molecule has 10 heteroatoms. The number of benzene rings is 3. The molecule has 0 aliphatic heterocycles. The van der Waals surface area contributed by atoms with Crippen LogP contribution in [-0.4, -0.2) is 50.0 Å². The predicted molar refractivity (Wildman–Crippen MR) is 154 cm³/mol. The number of nitrogens with one attached hydrogen (secondary N) is 1. The average molecular weight is 584 g/mol. The molecule has 0 radical (unpaired) electrons. The van der Waals surface area contributed by atoms with Crippen molar-refractivity contribution in [2.24, 2.45) is 0 Å². The lowest BCUT2D eigenvalue weighted by Crippen LogP contribution is -2.55. The lowest BCUT2D eigenvalue weighted by molar-refractivity contribution is -0.140. The van der Waals surface area contributed by atoms with Crippen LogP contribution in [0.2, 0.25) is 0 Å². The standard InChI is InChI=1S/C31H35F2N3O4S/c1-41(39,40)36(28-18-16-26(33)17-19-28)22-30(37)35(21-24-12-14-25(32)15-13-24)29(20-23-8-4-2-5-9-23)31(38)34-27-10-6-3-7-11-27/h2,4-5,8-9,12-19,27,29H,3,6-7,10-11,20-22H2,1H3,(H,34,38)/t29-/m0/s1. The first-order valence-corrected chi connectivity index (χ1v) is 15.6. The molecular weight excluding hydrogens is 548 g/mol. The number of rotatable bonds is 11. The molecule has 3 aromatic carbocycles. The number of anilines is 1. The molecule has 1 aliphatic rings. The van der Waals surface area contributed by atoms with Crippen LogP contribution in [0.1, 0.15) is 43.2 Å². The molecule has 1 aliphatic carbocycles. The highest BCUT2D eigenvalue weighted by molar-refractivity contribution is 7.92. The minimum Gasteiger partial charge on any atom is -0.352 e. The van der Waals surface area contributed by atoms with Crippen LogP contribution in [0.4, 0.5) is 14.5 Å². The maximum Gasteiger partial charge on any atom is 0.244 e. The number of sulfonamides is 1. The van der Waals surface area contributed by atoms with Gasteiger partial charge in [-0.3, -0.25) is 13.9 Å². The van der Waals surface area contributed by atoms with Crippen molar-refractivity contribution in [3.05, 3.63) is 102 Å². The fourth-order valence-electron chi connectivity index (χ4n) is 5.11. The topological polar surface area (TPSA) is 86.8 Å². The second-order valence-corrected chi connectivity index (χ2v) is 12.4. The Bertz CT molecular complexity index is 1410. The van der Waals surface area contributed by atoms with Crippen molar-refractivity contribution in [1.82, 2.24) is 10.2 Å². The summed E-state index contributed by atoms with van der Waals surface area (Å²) in [4.78, 5) is 29.3. The van der Waals surface area contributed by atoms with Gasteiger partial charge in [-0.05, 0) is 60.4 Å². The van der Waals surface area contributed by atoms with Gasteiger partial charge in [-0.15, -0.1) is 0 Å². The number of hydrogen-bond acceptors (Lipinski definition) is 4. The number of nitrogens with zero attached hydrogens (tertiary/aromatic N) is 2. The molecule has 218 valence electrons. The highest BCUT2D eigenvalue weighted by atomic mass is 32.2. The van der Waals surface area contributed by atoms with Crippen molar-refractivity contribution in [3.63, 3.8) is 0 Å². The second-order valence-electron chi connectivity index (χ2n) is 10.4. The predicted octanol–water partition coefficient (Wildman–Crippen LogP) is 4.82. The van der Waals surface area contributed by atoms with E-state index in [1.165, 1.54) is 41.3 Å². The van der Waals surface area contributed by atoms with E-state index in [0.717, 1.165) is 60.4 Å². The number of carbonyl (C=O) groups is 2. The third-order valence-corrected chi connectivity index (χ3v) is 8.42. The molecule has 0 aromatic heterocycles. The maximum absolute atomic E-state index is 14.0. The minimum atomic E-state index is -3.95. The molecule has 7 nitrogen and oxygen atoms in total. The van der Waals surface area contributed by atoms with Crippen LogP contribution in [0.5, 0.6) is 0 Å². The minimum absolute atomic E-state index is 0.0102. The summed E-state index contributed by atoms with van der Waals surface area (Å²) >= 11 is 0. The van der Waals surface area contributed by atoms with Crippen molar-refractivity contribution < 1.29 is 26.8 Å². The maximum atomic E-state index is 14.0. The molecule has 0 bridgehead atoms. The van der Waals surface area contributed by atoms with Crippen LogP contribution >= 0.6 is 0 Å². The lowest BCUT2D eigenvalue weighted by Gasteiger charge is -2.35. The van der Waals surface area contributed by atoms with E-state index in [0.29, 0.717) is 5.56 Å². The van der Waals surface area contributed by atoms with Gasteiger partial charge in [0.05, 0.1) is 11.9 Å². The van der Waals surface area contributed by atoms with Crippen LogP contribution in [0.15, 0.2) is 78.9 Å². The zero-order valence-corrected chi connectivity index (χ0v) is 23.8. The van der Waals surface area contributed by atoms with E-state index < -0.39 is 40.2 Å². The summed E-state index contributed by atoms with van der Waals surface area (Å²) in [5, 5.41) is 3.12. The zero-order chi connectivity index (χ0) is 29.4. The molecule has 0 heterocycles. The first kappa shape index (κ1) is 30.2. The normalized spacial score (nSPS) is 14.7. The molecule has 41 heavy (non-hydrogen) atoms. The summed E-state index contributed by atoms with van der Waals surface area (Å²) < 4.78 is 53.7. The Kier molecular flexibility index (Phi) is 10.1. The smallest absolute Gasteiger partial charge is 0.244 e. The molecule has 2 amide bonds.